The highest BCUT2D eigenvalue weighted by atomic mass is 79.9. The van der Waals surface area contributed by atoms with E-state index in [0.29, 0.717) is 0 Å². The Bertz CT molecular complexity index is 338. The van der Waals surface area contributed by atoms with Crippen LogP contribution in [0.25, 0.3) is 5.57 Å². The van der Waals surface area contributed by atoms with Gasteiger partial charge in [-0.05, 0) is 50.5 Å². The molecule has 1 rings (SSSR count). The third-order valence-corrected chi connectivity index (χ3v) is 2.70. The van der Waals surface area contributed by atoms with E-state index < -0.39 is 0 Å². The number of halogens is 1. The first kappa shape index (κ1) is 13.3. The van der Waals surface area contributed by atoms with E-state index in [1.165, 1.54) is 11.1 Å². The Morgan fingerprint density at radius 2 is 1.94 bits per heavy atom. The second kappa shape index (κ2) is 6.74. The summed E-state index contributed by atoms with van der Waals surface area (Å²) in [6.45, 7) is 6.21. The number of hydrogen-bond donors (Lipinski definition) is 0. The number of benzene rings is 1. The summed E-state index contributed by atoms with van der Waals surface area (Å²) in [4.78, 5) is 0. The van der Waals surface area contributed by atoms with Gasteiger partial charge in [0.05, 0.1) is 6.10 Å². The molecular weight excluding hydrogens is 264 g/mol. The molecule has 0 heterocycles. The van der Waals surface area contributed by atoms with Crippen molar-refractivity contribution in [1.82, 2.24) is 0 Å². The predicted molar refractivity (Wildman–Crippen MR) is 74.3 cm³/mol. The lowest BCUT2D eigenvalue weighted by Crippen LogP contribution is -2.05. The van der Waals surface area contributed by atoms with Gasteiger partial charge < -0.3 is 4.74 Å². The van der Waals surface area contributed by atoms with E-state index in [2.05, 4.69) is 41.1 Å². The van der Waals surface area contributed by atoms with Crippen LogP contribution in [-0.2, 0) is 0 Å². The first-order valence-electron chi connectivity index (χ1n) is 5.63. The molecule has 0 radical (unpaired) electrons. The van der Waals surface area contributed by atoms with E-state index in [4.69, 9.17) is 4.74 Å². The van der Waals surface area contributed by atoms with Crippen LogP contribution in [0, 0.1) is 0 Å². The van der Waals surface area contributed by atoms with E-state index in [0.717, 1.165) is 17.5 Å². The molecule has 0 fully saturated rings. The lowest BCUT2D eigenvalue weighted by atomic mass is 10.1. The second-order valence-electron chi connectivity index (χ2n) is 4.06. The molecule has 0 aliphatic heterocycles. The highest BCUT2D eigenvalue weighted by molar-refractivity contribution is 9.09. The Hall–Kier alpha value is -0.760. The highest BCUT2D eigenvalue weighted by Gasteiger charge is 1.99. The SMILES string of the molecule is C/C(=C\CCBr)c1ccc(OC(C)C)cc1. The van der Waals surface area contributed by atoms with Gasteiger partial charge in [-0.2, -0.15) is 0 Å². The van der Waals surface area contributed by atoms with Crippen LogP contribution in [0.15, 0.2) is 30.3 Å². The largest absolute Gasteiger partial charge is 0.491 e. The van der Waals surface area contributed by atoms with E-state index >= 15 is 0 Å². The first-order chi connectivity index (χ1) is 7.63. The van der Waals surface area contributed by atoms with Gasteiger partial charge >= 0.3 is 0 Å². The molecule has 1 aromatic rings. The van der Waals surface area contributed by atoms with Gasteiger partial charge in [0.15, 0.2) is 0 Å². The predicted octanol–water partition coefficient (Wildman–Crippen LogP) is 4.66. The minimum absolute atomic E-state index is 0.232. The molecule has 0 aliphatic rings. The Morgan fingerprint density at radius 1 is 1.31 bits per heavy atom. The summed E-state index contributed by atoms with van der Waals surface area (Å²) in [5.41, 5.74) is 2.58. The van der Waals surface area contributed by atoms with Crippen molar-refractivity contribution in [2.24, 2.45) is 0 Å². The molecule has 0 N–H and O–H groups in total. The molecular formula is C14H19BrO. The van der Waals surface area contributed by atoms with Crippen LogP contribution in [0.3, 0.4) is 0 Å². The van der Waals surface area contributed by atoms with Gasteiger partial charge in [0.1, 0.15) is 5.75 Å². The van der Waals surface area contributed by atoms with Gasteiger partial charge in [0, 0.05) is 5.33 Å². The zero-order chi connectivity index (χ0) is 12.0. The summed E-state index contributed by atoms with van der Waals surface area (Å²) in [6, 6.07) is 8.27. The van der Waals surface area contributed by atoms with E-state index in [-0.39, 0.29) is 6.10 Å². The van der Waals surface area contributed by atoms with Crippen molar-refractivity contribution in [1.29, 1.82) is 0 Å². The number of rotatable bonds is 5. The summed E-state index contributed by atoms with van der Waals surface area (Å²) >= 11 is 3.42. The zero-order valence-corrected chi connectivity index (χ0v) is 11.8. The Morgan fingerprint density at radius 3 is 2.44 bits per heavy atom. The fraction of sp³-hybridized carbons (Fsp3) is 0.429. The van der Waals surface area contributed by atoms with E-state index in [1.54, 1.807) is 0 Å². The number of alkyl halides is 1. The summed E-state index contributed by atoms with van der Waals surface area (Å²) in [7, 11) is 0. The van der Waals surface area contributed by atoms with Crippen molar-refractivity contribution < 1.29 is 4.74 Å². The molecule has 0 bridgehead atoms. The molecule has 0 atom stereocenters. The van der Waals surface area contributed by atoms with Crippen LogP contribution in [-0.4, -0.2) is 11.4 Å². The molecule has 0 saturated heterocycles. The van der Waals surface area contributed by atoms with Gasteiger partial charge in [-0.15, -0.1) is 0 Å². The molecule has 0 amide bonds. The van der Waals surface area contributed by atoms with Crippen molar-refractivity contribution in [2.75, 3.05) is 5.33 Å². The average molecular weight is 283 g/mol. The molecule has 0 aliphatic carbocycles. The molecule has 0 saturated carbocycles. The molecule has 0 unspecified atom stereocenters. The smallest absolute Gasteiger partial charge is 0.119 e. The maximum absolute atomic E-state index is 5.60. The number of ether oxygens (including phenoxy) is 1. The number of allylic oxidation sites excluding steroid dienone is 2. The van der Waals surface area contributed by atoms with Gasteiger partial charge in [0.25, 0.3) is 0 Å². The molecule has 1 aromatic carbocycles. The van der Waals surface area contributed by atoms with Gasteiger partial charge in [-0.3, -0.25) is 0 Å². The summed E-state index contributed by atoms with van der Waals surface area (Å²) in [5.74, 6) is 0.937. The average Bonchev–Trinajstić information content (AvgIpc) is 2.26. The maximum Gasteiger partial charge on any atom is 0.119 e. The summed E-state index contributed by atoms with van der Waals surface area (Å²) in [5, 5.41) is 1.01. The third-order valence-electron chi connectivity index (χ3n) is 2.24. The van der Waals surface area contributed by atoms with E-state index in [9.17, 15) is 0 Å². The van der Waals surface area contributed by atoms with Crippen molar-refractivity contribution in [3.63, 3.8) is 0 Å². The second-order valence-corrected chi connectivity index (χ2v) is 4.85. The fourth-order valence-corrected chi connectivity index (χ4v) is 1.69. The Labute approximate surface area is 107 Å². The maximum atomic E-state index is 5.60. The van der Waals surface area contributed by atoms with Crippen molar-refractivity contribution in [2.45, 2.75) is 33.3 Å². The van der Waals surface area contributed by atoms with Crippen LogP contribution in [0.5, 0.6) is 5.75 Å². The normalized spacial score (nSPS) is 11.9. The minimum Gasteiger partial charge on any atom is -0.491 e. The van der Waals surface area contributed by atoms with Crippen LogP contribution in [0.4, 0.5) is 0 Å². The molecule has 1 nitrogen and oxygen atoms in total. The standard InChI is InChI=1S/C14H19BrO/c1-11(2)16-14-8-6-13(7-9-14)12(3)5-4-10-15/h5-9,11H,4,10H2,1-3H3/b12-5+. The minimum atomic E-state index is 0.232. The van der Waals surface area contributed by atoms with Crippen molar-refractivity contribution >= 4 is 21.5 Å². The quantitative estimate of drug-likeness (QED) is 0.714. The lowest BCUT2D eigenvalue weighted by Gasteiger charge is -2.10. The van der Waals surface area contributed by atoms with Crippen LogP contribution in [0.1, 0.15) is 32.8 Å². The highest BCUT2D eigenvalue weighted by Crippen LogP contribution is 2.19. The third kappa shape index (κ3) is 4.40. The fourth-order valence-electron chi connectivity index (χ4n) is 1.46. The van der Waals surface area contributed by atoms with Gasteiger partial charge in [-0.25, -0.2) is 0 Å². The van der Waals surface area contributed by atoms with Crippen LogP contribution in [0.2, 0.25) is 0 Å². The topological polar surface area (TPSA) is 9.23 Å². The van der Waals surface area contributed by atoms with Crippen molar-refractivity contribution in [3.8, 4) is 5.75 Å². The van der Waals surface area contributed by atoms with Gasteiger partial charge in [0.2, 0.25) is 0 Å². The summed E-state index contributed by atoms with van der Waals surface area (Å²) < 4.78 is 5.60. The van der Waals surface area contributed by atoms with E-state index in [1.807, 2.05) is 26.0 Å². The molecule has 0 aromatic heterocycles. The molecule has 16 heavy (non-hydrogen) atoms. The van der Waals surface area contributed by atoms with Crippen molar-refractivity contribution in [3.05, 3.63) is 35.9 Å². The first-order valence-corrected chi connectivity index (χ1v) is 6.75. The summed E-state index contributed by atoms with van der Waals surface area (Å²) in [6.07, 6.45) is 3.54. The number of hydrogen-bond acceptors (Lipinski definition) is 1. The Kier molecular flexibility index (Phi) is 5.61. The van der Waals surface area contributed by atoms with Crippen LogP contribution < -0.4 is 4.74 Å². The molecule has 0 spiro atoms. The molecule has 2 heteroatoms. The molecule has 88 valence electrons. The monoisotopic (exact) mass is 282 g/mol. The zero-order valence-electron chi connectivity index (χ0n) is 10.2. The van der Waals surface area contributed by atoms with Crippen LogP contribution >= 0.6 is 15.9 Å². The lowest BCUT2D eigenvalue weighted by molar-refractivity contribution is 0.242. The Balaban J connectivity index is 2.70. The van der Waals surface area contributed by atoms with Gasteiger partial charge in [-0.1, -0.05) is 34.1 Å².